The maximum absolute atomic E-state index is 12.9. The Balaban J connectivity index is 1.25. The van der Waals surface area contributed by atoms with Gasteiger partial charge in [-0.15, -0.1) is 5.06 Å². The van der Waals surface area contributed by atoms with Crippen LogP contribution in [0.1, 0.15) is 18.4 Å². The maximum Gasteiger partial charge on any atom is 0.493 e. The van der Waals surface area contributed by atoms with E-state index in [1.807, 2.05) is 42.5 Å². The predicted molar refractivity (Wildman–Crippen MR) is 157 cm³/mol. The van der Waals surface area contributed by atoms with Crippen molar-refractivity contribution in [2.75, 3.05) is 42.8 Å². The Labute approximate surface area is 258 Å². The third kappa shape index (κ3) is 8.19. The summed E-state index contributed by atoms with van der Waals surface area (Å²) < 4.78 is 50.2. The summed E-state index contributed by atoms with van der Waals surface area (Å²) in [5.41, 5.74) is 1.01. The molecule has 0 aliphatic carbocycles. The largest absolute Gasteiger partial charge is 0.493 e. The summed E-state index contributed by atoms with van der Waals surface area (Å²) >= 11 is 6.09. The van der Waals surface area contributed by atoms with E-state index in [0.717, 1.165) is 43.7 Å². The first-order valence-electron chi connectivity index (χ1n) is 14.3. The molecule has 0 radical (unpaired) electrons. The highest BCUT2D eigenvalue weighted by atomic mass is 35.5. The van der Waals surface area contributed by atoms with Crippen molar-refractivity contribution < 1.29 is 37.1 Å². The number of piperidine rings is 1. The smallest absolute Gasteiger partial charge is 0.444 e. The van der Waals surface area contributed by atoms with Gasteiger partial charge in [0.2, 0.25) is 0 Å². The number of carbonyl (C=O) groups is 2. The van der Waals surface area contributed by atoms with Crippen LogP contribution in [-0.4, -0.2) is 79.2 Å². The molecule has 2 saturated heterocycles. The molecule has 2 atom stereocenters. The zero-order valence-electron chi connectivity index (χ0n) is 23.7. The minimum absolute atomic E-state index is 0.0445. The quantitative estimate of drug-likeness (QED) is 0.308. The van der Waals surface area contributed by atoms with E-state index in [1.165, 1.54) is 24.3 Å². The van der Waals surface area contributed by atoms with Gasteiger partial charge in [0, 0.05) is 42.9 Å². The van der Waals surface area contributed by atoms with Crippen molar-refractivity contribution in [1.29, 1.82) is 0 Å². The van der Waals surface area contributed by atoms with Crippen LogP contribution in [0.2, 0.25) is 5.02 Å². The molecule has 1 amide bonds. The molecule has 5 rings (SSSR count). The molecular formula is C31H32ClF3N4O5. The molecule has 44 heavy (non-hydrogen) atoms. The maximum atomic E-state index is 12.9. The van der Waals surface area contributed by atoms with Crippen molar-refractivity contribution in [2.24, 2.45) is 0 Å². The van der Waals surface area contributed by atoms with Crippen LogP contribution in [-0.2, 0) is 25.5 Å². The van der Waals surface area contributed by atoms with E-state index in [4.69, 9.17) is 21.1 Å². The second-order valence-corrected chi connectivity index (χ2v) is 11.1. The van der Waals surface area contributed by atoms with Crippen LogP contribution >= 0.6 is 11.6 Å². The number of alkyl halides is 3. The fraction of sp³-hybridized carbons (Fsp3) is 0.387. The van der Waals surface area contributed by atoms with Gasteiger partial charge in [-0.3, -0.25) is 4.90 Å². The lowest BCUT2D eigenvalue weighted by atomic mass is 9.96. The third-order valence-electron chi connectivity index (χ3n) is 7.65. The van der Waals surface area contributed by atoms with Gasteiger partial charge in [0.15, 0.2) is 0 Å². The normalized spacial score (nSPS) is 19.8. The van der Waals surface area contributed by atoms with Crippen molar-refractivity contribution in [1.82, 2.24) is 9.88 Å². The van der Waals surface area contributed by atoms with Gasteiger partial charge in [-0.05, 0) is 61.2 Å². The van der Waals surface area contributed by atoms with E-state index < -0.39 is 24.3 Å². The van der Waals surface area contributed by atoms with Gasteiger partial charge in [-0.1, -0.05) is 48.0 Å². The van der Waals surface area contributed by atoms with E-state index in [1.54, 1.807) is 12.3 Å². The number of nitrogens with zero attached hydrogens (tertiary/aromatic N) is 4. The van der Waals surface area contributed by atoms with Gasteiger partial charge in [0.05, 0.1) is 12.3 Å². The van der Waals surface area contributed by atoms with E-state index in [0.29, 0.717) is 18.2 Å². The van der Waals surface area contributed by atoms with Crippen molar-refractivity contribution >= 4 is 35.2 Å². The van der Waals surface area contributed by atoms with Gasteiger partial charge < -0.3 is 19.2 Å². The number of anilines is 2. The first kappa shape index (κ1) is 31.6. The van der Waals surface area contributed by atoms with Crippen LogP contribution in [0.4, 0.5) is 29.5 Å². The Kier molecular flexibility index (Phi) is 10.2. The number of aromatic nitrogens is 1. The number of carbonyl (C=O) groups excluding carboxylic acids is 2. The summed E-state index contributed by atoms with van der Waals surface area (Å²) in [6, 6.07) is 21.0. The van der Waals surface area contributed by atoms with Crippen LogP contribution in [0.15, 0.2) is 79.0 Å². The molecule has 234 valence electrons. The summed E-state index contributed by atoms with van der Waals surface area (Å²) in [6.07, 6.45) is -2.85. The zero-order valence-corrected chi connectivity index (χ0v) is 24.5. The second kappa shape index (κ2) is 14.3. The summed E-state index contributed by atoms with van der Waals surface area (Å²) in [5, 5.41) is 0.854. The van der Waals surface area contributed by atoms with Gasteiger partial charge in [-0.25, -0.2) is 14.6 Å². The molecule has 0 unspecified atom stereocenters. The Bertz CT molecular complexity index is 1380. The molecule has 2 aliphatic rings. The van der Waals surface area contributed by atoms with E-state index >= 15 is 0 Å². The molecule has 0 N–H and O–H groups in total. The lowest BCUT2D eigenvalue weighted by molar-refractivity contribution is -0.200. The molecule has 3 heterocycles. The average molecular weight is 633 g/mol. The fourth-order valence-electron chi connectivity index (χ4n) is 5.48. The van der Waals surface area contributed by atoms with Gasteiger partial charge in [0.1, 0.15) is 18.5 Å². The molecule has 2 aliphatic heterocycles. The summed E-state index contributed by atoms with van der Waals surface area (Å²) in [5.74, 6) is -1.61. The van der Waals surface area contributed by atoms with Crippen LogP contribution in [0.25, 0.3) is 0 Å². The number of morpholine rings is 1. The lowest BCUT2D eigenvalue weighted by Crippen LogP contribution is -2.58. The highest BCUT2D eigenvalue weighted by Crippen LogP contribution is 2.28. The summed E-state index contributed by atoms with van der Waals surface area (Å²) in [6.45, 7) is 2.19. The Hall–Kier alpha value is -3.87. The highest BCUT2D eigenvalue weighted by molar-refractivity contribution is 6.30. The standard InChI is InChI=1S/C31H32ClF3N4O5/c32-23-11-9-22(10-12-23)18-26-20-42-27(19-38(26)24-13-16-37(17-14-24)28-8-4-5-15-36-28)21-43-30(41)39(25-6-2-1-3-7-25)44-29(40)31(33,34)35/h1-12,15,24,26-27H,13-14,16-21H2/t26-,27+/m0/s1. The average Bonchev–Trinajstić information content (AvgIpc) is 3.04. The SMILES string of the molecule is O=C(OC[C@H]1CN(C2CCN(c3ccccn3)CC2)[C@@H](Cc2ccc(Cl)cc2)CO1)N(OC(=O)C(F)(F)F)c1ccccc1. The Morgan fingerprint density at radius 2 is 1.70 bits per heavy atom. The van der Waals surface area contributed by atoms with Crippen LogP contribution in [0.3, 0.4) is 0 Å². The minimum Gasteiger partial charge on any atom is -0.444 e. The number of para-hydroxylation sites is 1. The van der Waals surface area contributed by atoms with Gasteiger partial charge in [-0.2, -0.15) is 13.2 Å². The summed E-state index contributed by atoms with van der Waals surface area (Å²) in [4.78, 5) is 37.9. The Morgan fingerprint density at radius 1 is 1.00 bits per heavy atom. The molecule has 2 aromatic carbocycles. The molecule has 0 saturated carbocycles. The molecule has 1 aromatic heterocycles. The molecule has 2 fully saturated rings. The van der Waals surface area contributed by atoms with Crippen molar-refractivity contribution in [3.8, 4) is 0 Å². The number of halogens is 4. The third-order valence-corrected chi connectivity index (χ3v) is 7.91. The van der Waals surface area contributed by atoms with Crippen LogP contribution < -0.4 is 9.96 Å². The van der Waals surface area contributed by atoms with Crippen molar-refractivity contribution in [3.63, 3.8) is 0 Å². The molecule has 9 nitrogen and oxygen atoms in total. The molecule has 0 bridgehead atoms. The van der Waals surface area contributed by atoms with E-state index in [9.17, 15) is 22.8 Å². The number of amides is 1. The number of rotatable bonds is 7. The van der Waals surface area contributed by atoms with Crippen LogP contribution in [0, 0.1) is 0 Å². The van der Waals surface area contributed by atoms with Crippen molar-refractivity contribution in [3.05, 3.63) is 89.6 Å². The fourth-order valence-corrected chi connectivity index (χ4v) is 5.61. The first-order chi connectivity index (χ1) is 21.2. The lowest BCUT2D eigenvalue weighted by Gasteiger charge is -2.46. The topological polar surface area (TPSA) is 84.4 Å². The van der Waals surface area contributed by atoms with Gasteiger partial charge >= 0.3 is 18.2 Å². The number of hydrogen-bond acceptors (Lipinski definition) is 8. The van der Waals surface area contributed by atoms with Crippen LogP contribution in [0.5, 0.6) is 0 Å². The number of ether oxygens (including phenoxy) is 2. The highest BCUT2D eigenvalue weighted by Gasteiger charge is 2.44. The summed E-state index contributed by atoms with van der Waals surface area (Å²) in [7, 11) is 0. The number of pyridine rings is 1. The zero-order chi connectivity index (χ0) is 31.1. The molecule has 13 heteroatoms. The molecular weight excluding hydrogens is 601 g/mol. The number of benzene rings is 2. The number of hydrogen-bond donors (Lipinski definition) is 0. The monoisotopic (exact) mass is 632 g/mol. The first-order valence-corrected chi connectivity index (χ1v) is 14.6. The predicted octanol–water partition coefficient (Wildman–Crippen LogP) is 5.68. The minimum atomic E-state index is -5.30. The van der Waals surface area contributed by atoms with Gasteiger partial charge in [0.25, 0.3) is 0 Å². The molecule has 0 spiro atoms. The van der Waals surface area contributed by atoms with Crippen molar-refractivity contribution in [2.45, 2.75) is 43.6 Å². The van der Waals surface area contributed by atoms with E-state index in [2.05, 4.69) is 19.6 Å². The second-order valence-electron chi connectivity index (χ2n) is 10.6. The Morgan fingerprint density at radius 3 is 2.36 bits per heavy atom. The number of hydroxylamine groups is 1. The molecule has 3 aromatic rings. The van der Waals surface area contributed by atoms with E-state index in [-0.39, 0.29) is 29.4 Å².